The molecule has 177 valence electrons. The van der Waals surface area contributed by atoms with Crippen LogP contribution in [0, 0.1) is 15.5 Å². The summed E-state index contributed by atoms with van der Waals surface area (Å²) >= 11 is 11.8. The summed E-state index contributed by atoms with van der Waals surface area (Å²) in [6, 6.07) is 4.19. The molecule has 0 aliphatic heterocycles. The van der Waals surface area contributed by atoms with Crippen LogP contribution in [0.3, 0.4) is 0 Å². The molecule has 3 radical (unpaired) electrons. The summed E-state index contributed by atoms with van der Waals surface area (Å²) in [4.78, 5) is 22.8. The van der Waals surface area contributed by atoms with Gasteiger partial charge in [0.15, 0.2) is 5.75 Å². The van der Waals surface area contributed by atoms with Gasteiger partial charge in [0, 0.05) is 27.8 Å². The molecule has 0 aromatic heterocycles. The zero-order chi connectivity index (χ0) is 25.4. The van der Waals surface area contributed by atoms with E-state index in [1.165, 1.54) is 0 Å². The van der Waals surface area contributed by atoms with Gasteiger partial charge in [-0.25, -0.2) is 4.79 Å². The monoisotopic (exact) mass is 522 g/mol. The topological polar surface area (TPSA) is 98.9 Å². The van der Waals surface area contributed by atoms with E-state index in [1.807, 2.05) is 0 Å². The molecule has 2 aromatic carbocycles. The maximum Gasteiger partial charge on any atom is 0.416 e. The summed E-state index contributed by atoms with van der Waals surface area (Å²) in [7, 11) is 3.17. The van der Waals surface area contributed by atoms with Crippen LogP contribution in [0.15, 0.2) is 30.3 Å². The van der Waals surface area contributed by atoms with Crippen LogP contribution in [-0.2, 0) is 11.0 Å². The van der Waals surface area contributed by atoms with Gasteiger partial charge in [0.25, 0.3) is 0 Å². The third kappa shape index (κ3) is 5.53. The fourth-order valence-corrected chi connectivity index (χ4v) is 4.13. The first-order chi connectivity index (χ1) is 15.0. The van der Waals surface area contributed by atoms with Crippen molar-refractivity contribution in [2.24, 2.45) is 5.41 Å². The molecule has 0 aliphatic rings. The molecule has 0 amide bonds. The Hall–Kier alpha value is -2.50. The van der Waals surface area contributed by atoms with E-state index < -0.39 is 55.1 Å². The van der Waals surface area contributed by atoms with Crippen molar-refractivity contribution in [2.45, 2.75) is 38.6 Å². The molecule has 7 nitrogen and oxygen atoms in total. The van der Waals surface area contributed by atoms with Crippen LogP contribution in [-0.4, -0.2) is 31.8 Å². The molecule has 0 heterocycles. The van der Waals surface area contributed by atoms with Crippen LogP contribution in [0.4, 0.5) is 18.9 Å². The summed E-state index contributed by atoms with van der Waals surface area (Å²) in [5, 5.41) is 20.4. The Morgan fingerprint density at radius 1 is 1.15 bits per heavy atom. The zero-order valence-corrected chi connectivity index (χ0v) is 19.9. The molecular formula is C20H17Cl2F3NO6Si. The molecule has 1 unspecified atom stereocenters. The van der Waals surface area contributed by atoms with Crippen molar-refractivity contribution in [3.05, 3.63) is 56.1 Å². The molecule has 0 fully saturated rings. The van der Waals surface area contributed by atoms with Crippen LogP contribution in [0.1, 0.15) is 26.3 Å². The lowest BCUT2D eigenvalue weighted by Crippen LogP contribution is -2.54. The van der Waals surface area contributed by atoms with E-state index >= 15 is 0 Å². The number of hydrogen-bond donors (Lipinski definition) is 1. The quantitative estimate of drug-likeness (QED) is 0.251. The number of ether oxygens (including phenoxy) is 2. The van der Waals surface area contributed by atoms with Gasteiger partial charge in [0.1, 0.15) is 5.75 Å². The first-order valence-corrected chi connectivity index (χ1v) is 10.6. The van der Waals surface area contributed by atoms with Gasteiger partial charge in [-0.05, 0) is 24.2 Å². The largest absolute Gasteiger partial charge is 0.478 e. The summed E-state index contributed by atoms with van der Waals surface area (Å²) < 4.78 is 50.0. The van der Waals surface area contributed by atoms with E-state index in [9.17, 15) is 33.2 Å². The molecular weight excluding hydrogens is 506 g/mol. The molecule has 2 rings (SSSR count). The number of nitrogens with zero attached hydrogens (tertiary/aromatic N) is 1. The van der Waals surface area contributed by atoms with E-state index in [-0.39, 0.29) is 17.5 Å². The van der Waals surface area contributed by atoms with Crippen molar-refractivity contribution in [3.63, 3.8) is 0 Å². The first-order valence-electron chi connectivity index (χ1n) is 9.13. The van der Waals surface area contributed by atoms with Gasteiger partial charge in [-0.2, -0.15) is 13.2 Å². The number of benzene rings is 2. The van der Waals surface area contributed by atoms with Gasteiger partial charge in [-0.3, -0.25) is 10.1 Å². The molecule has 0 bridgehead atoms. The number of rotatable bonds is 7. The molecule has 1 N–H and O–H groups in total. The second-order valence-corrected chi connectivity index (χ2v) is 9.08. The third-order valence-corrected chi connectivity index (χ3v) is 5.82. The molecule has 33 heavy (non-hydrogen) atoms. The number of carboxylic acids is 1. The number of carboxylic acid groups (broad SMARTS) is 1. The number of nitro benzene ring substituents is 1. The van der Waals surface area contributed by atoms with Crippen molar-refractivity contribution in [1.82, 2.24) is 0 Å². The van der Waals surface area contributed by atoms with Gasteiger partial charge in [-0.1, -0.05) is 44.0 Å². The van der Waals surface area contributed by atoms with E-state index in [2.05, 4.69) is 10.2 Å². The normalized spacial score (nSPS) is 13.8. The van der Waals surface area contributed by atoms with Crippen molar-refractivity contribution in [3.8, 4) is 17.2 Å². The maximum atomic E-state index is 12.9. The number of halogens is 5. The molecule has 1 atom stereocenters. The Labute approximate surface area is 200 Å². The highest BCUT2D eigenvalue weighted by molar-refractivity contribution is 6.37. The van der Waals surface area contributed by atoms with E-state index in [4.69, 9.17) is 32.7 Å². The molecule has 13 heteroatoms. The molecule has 0 spiro atoms. The van der Waals surface area contributed by atoms with Crippen LogP contribution in [0.5, 0.6) is 17.2 Å². The fraction of sp³-hybridized carbons (Fsp3) is 0.350. The van der Waals surface area contributed by atoms with E-state index in [0.29, 0.717) is 12.1 Å². The van der Waals surface area contributed by atoms with Crippen LogP contribution >= 0.6 is 23.2 Å². The summed E-state index contributed by atoms with van der Waals surface area (Å²) in [5.41, 5.74) is -4.59. The Balaban J connectivity index is 2.57. The Morgan fingerprint density at radius 3 is 2.09 bits per heavy atom. The van der Waals surface area contributed by atoms with Gasteiger partial charge < -0.3 is 14.6 Å². The number of alkyl halides is 3. The predicted octanol–water partition coefficient (Wildman–Crippen LogP) is 6.55. The van der Waals surface area contributed by atoms with Crippen LogP contribution < -0.4 is 9.47 Å². The Kier molecular flexibility index (Phi) is 7.61. The zero-order valence-electron chi connectivity index (χ0n) is 17.4. The van der Waals surface area contributed by atoms with Crippen molar-refractivity contribution in [1.29, 1.82) is 0 Å². The van der Waals surface area contributed by atoms with Gasteiger partial charge >= 0.3 is 17.8 Å². The van der Waals surface area contributed by atoms with Crippen molar-refractivity contribution in [2.75, 3.05) is 0 Å². The highest BCUT2D eigenvalue weighted by Crippen LogP contribution is 2.45. The minimum atomic E-state index is -4.69. The van der Waals surface area contributed by atoms with E-state index in [0.717, 1.165) is 18.2 Å². The predicted molar refractivity (Wildman–Crippen MR) is 116 cm³/mol. The first kappa shape index (κ1) is 26.7. The smallest absolute Gasteiger partial charge is 0.416 e. The lowest BCUT2D eigenvalue weighted by molar-refractivity contribution is -0.386. The molecule has 0 aliphatic carbocycles. The summed E-state index contributed by atoms with van der Waals surface area (Å²) in [5.74, 6) is -2.28. The highest BCUT2D eigenvalue weighted by atomic mass is 35.5. The third-order valence-electron chi connectivity index (χ3n) is 4.76. The number of carbonyl (C=O) groups is 1. The van der Waals surface area contributed by atoms with Crippen LogP contribution in [0.25, 0.3) is 0 Å². The molecule has 0 saturated carbocycles. The van der Waals surface area contributed by atoms with Gasteiger partial charge in [0.2, 0.25) is 11.4 Å². The number of nitro groups is 1. The van der Waals surface area contributed by atoms with Gasteiger partial charge in [0.05, 0.1) is 20.5 Å². The van der Waals surface area contributed by atoms with Crippen molar-refractivity contribution >= 4 is 45.1 Å². The van der Waals surface area contributed by atoms with Gasteiger partial charge in [-0.15, -0.1) is 0 Å². The number of aliphatic carboxylic acids is 1. The lowest BCUT2D eigenvalue weighted by atomic mass is 9.77. The SMILES string of the molecule is CC(C)(C)C(C[Si])(Oc1cc(Oc2c(Cl)cc(C(F)(F)F)cc2Cl)ccc1[N+](=O)[O-])C(=O)O. The molecule has 0 saturated heterocycles. The summed E-state index contributed by atoms with van der Waals surface area (Å²) in [6.07, 6.45) is -4.69. The second kappa shape index (κ2) is 9.39. The highest BCUT2D eigenvalue weighted by Gasteiger charge is 2.51. The molecule has 2 aromatic rings. The maximum absolute atomic E-state index is 12.9. The van der Waals surface area contributed by atoms with E-state index in [1.54, 1.807) is 20.8 Å². The number of hydrogen-bond acceptors (Lipinski definition) is 5. The lowest BCUT2D eigenvalue weighted by Gasteiger charge is -2.40. The Morgan fingerprint density at radius 2 is 1.70 bits per heavy atom. The van der Waals surface area contributed by atoms with Crippen LogP contribution in [0.2, 0.25) is 16.1 Å². The average molecular weight is 523 g/mol. The standard InChI is InChI=1S/C20H17Cl2F3NO6Si/c1-18(2,3)19(9-33,17(27)28)32-15-8-11(4-5-14(15)26(29)30)31-16-12(21)6-10(7-13(16)22)20(23,24)25/h4-8H,9H2,1-3H3,(H,27,28). The minimum absolute atomic E-state index is 0.138. The minimum Gasteiger partial charge on any atom is -0.478 e. The summed E-state index contributed by atoms with van der Waals surface area (Å²) in [6.45, 7) is 4.74. The second-order valence-electron chi connectivity index (χ2n) is 7.92. The average Bonchev–Trinajstić information content (AvgIpc) is 2.66. The van der Waals surface area contributed by atoms with Crippen molar-refractivity contribution < 1.29 is 37.5 Å². The Bertz CT molecular complexity index is 1070. The fourth-order valence-electron chi connectivity index (χ4n) is 2.81.